The number of nitrogens with zero attached hydrogens (tertiary/aromatic N) is 3. The van der Waals surface area contributed by atoms with E-state index in [1.54, 1.807) is 12.1 Å². The minimum atomic E-state index is -0.259. The number of aryl methyl sites for hydroxylation is 1. The van der Waals surface area contributed by atoms with Crippen molar-refractivity contribution in [3.8, 4) is 5.75 Å². The van der Waals surface area contributed by atoms with Gasteiger partial charge in [0.05, 0.1) is 5.75 Å². The van der Waals surface area contributed by atoms with E-state index in [1.807, 2.05) is 61.7 Å². The van der Waals surface area contributed by atoms with Gasteiger partial charge in [-0.15, -0.1) is 10.2 Å². The summed E-state index contributed by atoms with van der Waals surface area (Å²) < 4.78 is 7.93. The fraction of sp³-hybridized carbons (Fsp3) is 0.286. The monoisotopic (exact) mass is 430 g/mol. The van der Waals surface area contributed by atoms with Gasteiger partial charge in [0.15, 0.2) is 17.1 Å². The number of benzene rings is 2. The smallest absolute Gasteiger partial charge is 0.234 e. The van der Waals surface area contributed by atoms with E-state index < -0.39 is 0 Å². The number of hydrogen-bond acceptors (Lipinski definition) is 5. The Morgan fingerprint density at radius 1 is 1.24 bits per heavy atom. The van der Waals surface area contributed by atoms with E-state index in [9.17, 15) is 4.79 Å². The fourth-order valence-electron chi connectivity index (χ4n) is 2.84. The van der Waals surface area contributed by atoms with Crippen LogP contribution in [0.15, 0.2) is 53.7 Å². The van der Waals surface area contributed by atoms with Crippen molar-refractivity contribution in [3.63, 3.8) is 0 Å². The van der Waals surface area contributed by atoms with Gasteiger partial charge in [0.2, 0.25) is 5.91 Å². The van der Waals surface area contributed by atoms with Crippen LogP contribution in [0.3, 0.4) is 0 Å². The Labute approximate surface area is 179 Å². The molecule has 1 aromatic heterocycles. The standard InChI is InChI=1S/C21H23ClN4O2S/c1-4-26-20(15(3)28-17-8-6-5-7-9-17)24-25-21(26)29-13-19(27)23-18-11-10-16(22)12-14(18)2/h5-12,15H,4,13H2,1-3H3,(H,23,27)/t15-/m0/s1. The third-order valence-electron chi connectivity index (χ3n) is 4.28. The molecule has 8 heteroatoms. The molecule has 1 amide bonds. The van der Waals surface area contributed by atoms with Crippen molar-refractivity contribution in [2.75, 3.05) is 11.1 Å². The largest absolute Gasteiger partial charge is 0.483 e. The first-order chi connectivity index (χ1) is 14.0. The Bertz CT molecular complexity index is 978. The van der Waals surface area contributed by atoms with Gasteiger partial charge in [-0.25, -0.2) is 0 Å². The lowest BCUT2D eigenvalue weighted by Crippen LogP contribution is -2.16. The van der Waals surface area contributed by atoms with Gasteiger partial charge in [0, 0.05) is 17.3 Å². The number of para-hydroxylation sites is 1. The Morgan fingerprint density at radius 2 is 2.00 bits per heavy atom. The molecule has 3 rings (SSSR count). The van der Waals surface area contributed by atoms with E-state index in [4.69, 9.17) is 16.3 Å². The van der Waals surface area contributed by atoms with Gasteiger partial charge < -0.3 is 14.6 Å². The first-order valence-electron chi connectivity index (χ1n) is 9.31. The molecular weight excluding hydrogens is 408 g/mol. The highest BCUT2D eigenvalue weighted by atomic mass is 35.5. The van der Waals surface area contributed by atoms with Crippen LogP contribution in [0.1, 0.15) is 31.3 Å². The molecule has 0 spiro atoms. The lowest BCUT2D eigenvalue weighted by atomic mass is 10.2. The van der Waals surface area contributed by atoms with Crippen LogP contribution in [0.5, 0.6) is 5.75 Å². The third-order valence-corrected chi connectivity index (χ3v) is 5.48. The molecule has 1 heterocycles. The average Bonchev–Trinajstić information content (AvgIpc) is 3.12. The Hall–Kier alpha value is -2.51. The van der Waals surface area contributed by atoms with Crippen LogP contribution >= 0.6 is 23.4 Å². The number of nitrogens with one attached hydrogen (secondary N) is 1. The fourth-order valence-corrected chi connectivity index (χ4v) is 3.88. The second-order valence-electron chi connectivity index (χ2n) is 6.45. The average molecular weight is 431 g/mol. The maximum Gasteiger partial charge on any atom is 0.234 e. The molecule has 3 aromatic rings. The molecule has 0 saturated heterocycles. The molecule has 0 aliphatic carbocycles. The maximum absolute atomic E-state index is 12.4. The van der Waals surface area contributed by atoms with Crippen LogP contribution in [0.25, 0.3) is 0 Å². The molecule has 1 atom stereocenters. The van der Waals surface area contributed by atoms with Crippen molar-refractivity contribution < 1.29 is 9.53 Å². The quantitative estimate of drug-likeness (QED) is 0.501. The van der Waals surface area contributed by atoms with E-state index in [1.165, 1.54) is 11.8 Å². The van der Waals surface area contributed by atoms with Gasteiger partial charge in [0.1, 0.15) is 5.75 Å². The molecule has 6 nitrogen and oxygen atoms in total. The predicted octanol–water partition coefficient (Wildman–Crippen LogP) is 5.13. The van der Waals surface area contributed by atoms with E-state index in [0.29, 0.717) is 16.7 Å². The zero-order chi connectivity index (χ0) is 20.8. The second-order valence-corrected chi connectivity index (χ2v) is 7.83. The number of ether oxygens (including phenoxy) is 1. The molecule has 0 aliphatic heterocycles. The van der Waals surface area contributed by atoms with Gasteiger partial charge in [-0.3, -0.25) is 4.79 Å². The number of amides is 1. The molecule has 0 bridgehead atoms. The highest BCUT2D eigenvalue weighted by Gasteiger charge is 2.19. The second kappa shape index (κ2) is 9.80. The minimum absolute atomic E-state index is 0.110. The molecule has 0 radical (unpaired) electrons. The number of thioether (sulfide) groups is 1. The first kappa shape index (κ1) is 21.2. The molecule has 0 aliphatic rings. The zero-order valence-electron chi connectivity index (χ0n) is 16.6. The summed E-state index contributed by atoms with van der Waals surface area (Å²) in [7, 11) is 0. The van der Waals surface area contributed by atoms with Crippen molar-refractivity contribution >= 4 is 35.0 Å². The normalized spacial score (nSPS) is 11.9. The predicted molar refractivity (Wildman–Crippen MR) is 117 cm³/mol. The minimum Gasteiger partial charge on any atom is -0.483 e. The molecule has 29 heavy (non-hydrogen) atoms. The van der Waals surface area contributed by atoms with Crippen molar-refractivity contribution in [3.05, 3.63) is 64.9 Å². The van der Waals surface area contributed by atoms with Crippen LogP contribution in [0.4, 0.5) is 5.69 Å². The molecular formula is C21H23ClN4O2S. The highest BCUT2D eigenvalue weighted by molar-refractivity contribution is 7.99. The zero-order valence-corrected chi connectivity index (χ0v) is 18.1. The molecule has 0 saturated carbocycles. The summed E-state index contributed by atoms with van der Waals surface area (Å²) in [5.74, 6) is 1.63. The lowest BCUT2D eigenvalue weighted by Gasteiger charge is -2.15. The number of hydrogen-bond donors (Lipinski definition) is 1. The highest BCUT2D eigenvalue weighted by Crippen LogP contribution is 2.25. The molecule has 2 aromatic carbocycles. The summed E-state index contributed by atoms with van der Waals surface area (Å²) in [4.78, 5) is 12.4. The number of rotatable bonds is 8. The topological polar surface area (TPSA) is 69.0 Å². The van der Waals surface area contributed by atoms with Crippen LogP contribution < -0.4 is 10.1 Å². The SMILES string of the molecule is CCn1c(SCC(=O)Nc2ccc(Cl)cc2C)nnc1[C@H](C)Oc1ccccc1. The lowest BCUT2D eigenvalue weighted by molar-refractivity contribution is -0.113. The Morgan fingerprint density at radius 3 is 2.69 bits per heavy atom. The van der Waals surface area contributed by atoms with E-state index in [0.717, 1.165) is 22.8 Å². The Kier molecular flexibility index (Phi) is 7.17. The van der Waals surface area contributed by atoms with E-state index in [2.05, 4.69) is 15.5 Å². The van der Waals surface area contributed by atoms with Gasteiger partial charge in [-0.05, 0) is 56.7 Å². The number of halogens is 1. The van der Waals surface area contributed by atoms with E-state index >= 15 is 0 Å². The molecule has 152 valence electrons. The summed E-state index contributed by atoms with van der Waals surface area (Å²) in [6.07, 6.45) is -0.259. The van der Waals surface area contributed by atoms with Gasteiger partial charge in [-0.1, -0.05) is 41.6 Å². The van der Waals surface area contributed by atoms with Crippen LogP contribution in [0, 0.1) is 6.92 Å². The van der Waals surface area contributed by atoms with Crippen molar-refractivity contribution in [2.45, 2.75) is 38.6 Å². The Balaban J connectivity index is 1.63. The van der Waals surface area contributed by atoms with E-state index in [-0.39, 0.29) is 17.8 Å². The van der Waals surface area contributed by atoms with Crippen molar-refractivity contribution in [2.24, 2.45) is 0 Å². The molecule has 0 fully saturated rings. The summed E-state index contributed by atoms with van der Waals surface area (Å²) in [5.41, 5.74) is 1.67. The third kappa shape index (κ3) is 5.52. The maximum atomic E-state index is 12.4. The summed E-state index contributed by atoms with van der Waals surface area (Å²) >= 11 is 7.31. The number of anilines is 1. The van der Waals surface area contributed by atoms with Crippen LogP contribution in [0.2, 0.25) is 5.02 Å². The van der Waals surface area contributed by atoms with Gasteiger partial charge in [0.25, 0.3) is 0 Å². The number of carbonyl (C=O) groups excluding carboxylic acids is 1. The van der Waals surface area contributed by atoms with Gasteiger partial charge in [-0.2, -0.15) is 0 Å². The summed E-state index contributed by atoms with van der Waals surface area (Å²) in [6.45, 7) is 6.55. The number of carbonyl (C=O) groups is 1. The summed E-state index contributed by atoms with van der Waals surface area (Å²) in [6, 6.07) is 15.0. The summed E-state index contributed by atoms with van der Waals surface area (Å²) in [5, 5.41) is 12.8. The molecule has 1 N–H and O–H groups in total. The first-order valence-corrected chi connectivity index (χ1v) is 10.7. The van der Waals surface area contributed by atoms with Gasteiger partial charge >= 0.3 is 0 Å². The van der Waals surface area contributed by atoms with Crippen molar-refractivity contribution in [1.29, 1.82) is 0 Å². The van der Waals surface area contributed by atoms with Crippen LogP contribution in [-0.4, -0.2) is 26.4 Å². The number of aromatic nitrogens is 3. The van der Waals surface area contributed by atoms with Crippen molar-refractivity contribution in [1.82, 2.24) is 14.8 Å². The molecule has 0 unspecified atom stereocenters. The van der Waals surface area contributed by atoms with Crippen LogP contribution in [-0.2, 0) is 11.3 Å².